The minimum Gasteiger partial charge on any atom is -0.398 e. The van der Waals surface area contributed by atoms with Gasteiger partial charge in [-0.2, -0.15) is 0 Å². The summed E-state index contributed by atoms with van der Waals surface area (Å²) in [6.45, 7) is 6.64. The lowest BCUT2D eigenvalue weighted by atomic mass is 9.98. The summed E-state index contributed by atoms with van der Waals surface area (Å²) < 4.78 is 15.4. The number of anilines is 1. The Kier molecular flexibility index (Phi) is 6.49. The Labute approximate surface area is 174 Å². The molecule has 0 bridgehead atoms. The van der Waals surface area contributed by atoms with E-state index >= 15 is 0 Å². The molecule has 0 saturated carbocycles. The van der Waals surface area contributed by atoms with Gasteiger partial charge < -0.3 is 16.8 Å². The maximum absolute atomic E-state index is 14.4. The number of aliphatic imine (C=N–C) groups is 1. The van der Waals surface area contributed by atoms with Crippen LogP contribution in [0.2, 0.25) is 0 Å². The highest BCUT2D eigenvalue weighted by Crippen LogP contribution is 2.32. The minimum absolute atomic E-state index is 0.264. The predicted molar refractivity (Wildman–Crippen MR) is 123 cm³/mol. The van der Waals surface area contributed by atoms with Crippen molar-refractivity contribution in [3.63, 3.8) is 0 Å². The molecule has 29 heavy (non-hydrogen) atoms. The van der Waals surface area contributed by atoms with E-state index in [1.165, 1.54) is 6.07 Å². The Morgan fingerprint density at radius 1 is 1.21 bits per heavy atom. The highest BCUT2D eigenvalue weighted by molar-refractivity contribution is 7.22. The maximum Gasteiger partial charge on any atom is 0.183 e. The number of nitrogens with zero attached hydrogens (tertiary/aromatic N) is 2. The van der Waals surface area contributed by atoms with Crippen molar-refractivity contribution < 1.29 is 4.39 Å². The van der Waals surface area contributed by atoms with Crippen LogP contribution in [0.1, 0.15) is 38.3 Å². The molecule has 1 heterocycles. The third-order valence-electron chi connectivity index (χ3n) is 4.68. The zero-order chi connectivity index (χ0) is 21.0. The minimum atomic E-state index is -0.397. The van der Waals surface area contributed by atoms with E-state index in [-0.39, 0.29) is 11.5 Å². The average molecular weight is 412 g/mol. The van der Waals surface area contributed by atoms with Gasteiger partial charge >= 0.3 is 0 Å². The number of benzene rings is 2. The third kappa shape index (κ3) is 4.56. The number of nitrogens with two attached hydrogens (primary N) is 2. The van der Waals surface area contributed by atoms with Crippen LogP contribution >= 0.6 is 11.3 Å². The molecule has 0 aliphatic heterocycles. The van der Waals surface area contributed by atoms with E-state index in [1.807, 2.05) is 25.1 Å². The van der Waals surface area contributed by atoms with Crippen LogP contribution in [0.15, 0.2) is 47.5 Å². The Hall–Kier alpha value is -2.93. The van der Waals surface area contributed by atoms with Crippen molar-refractivity contribution in [1.82, 2.24) is 4.98 Å². The number of hydrogen-bond acceptors (Lipinski definition) is 5. The van der Waals surface area contributed by atoms with E-state index in [0.717, 1.165) is 27.3 Å². The van der Waals surface area contributed by atoms with Crippen LogP contribution in [0.4, 0.5) is 9.52 Å². The van der Waals surface area contributed by atoms with Crippen LogP contribution in [0.25, 0.3) is 21.5 Å². The zero-order valence-corrected chi connectivity index (χ0v) is 17.7. The fourth-order valence-corrected chi connectivity index (χ4v) is 3.98. The second-order valence-corrected chi connectivity index (χ2v) is 7.81. The number of rotatable bonds is 7. The summed E-state index contributed by atoms with van der Waals surface area (Å²) in [6, 6.07) is 12.5. The molecule has 0 amide bonds. The van der Waals surface area contributed by atoms with Crippen molar-refractivity contribution in [1.29, 1.82) is 0 Å². The van der Waals surface area contributed by atoms with Crippen LogP contribution in [0.5, 0.6) is 0 Å². The third-order valence-corrected chi connectivity index (χ3v) is 5.63. The topological polar surface area (TPSA) is 89.3 Å². The Bertz CT molecular complexity index is 1070. The van der Waals surface area contributed by atoms with Gasteiger partial charge in [-0.1, -0.05) is 36.5 Å². The van der Waals surface area contributed by atoms with Gasteiger partial charge in [-0.15, -0.1) is 0 Å². The highest BCUT2D eigenvalue weighted by atomic mass is 32.1. The van der Waals surface area contributed by atoms with Crippen molar-refractivity contribution >= 4 is 43.8 Å². The Morgan fingerprint density at radius 2 is 1.97 bits per heavy atom. The van der Waals surface area contributed by atoms with E-state index < -0.39 is 5.82 Å². The molecule has 0 spiro atoms. The second kappa shape index (κ2) is 9.05. The number of thiazole rings is 1. The molecule has 0 fully saturated rings. The monoisotopic (exact) mass is 411 g/mol. The summed E-state index contributed by atoms with van der Waals surface area (Å²) >= 11 is 1.57. The summed E-state index contributed by atoms with van der Waals surface area (Å²) in [5.74, 6) is -0.110. The van der Waals surface area contributed by atoms with E-state index in [2.05, 4.69) is 29.1 Å². The lowest BCUT2D eigenvalue weighted by Gasteiger charge is -2.13. The first-order valence-corrected chi connectivity index (χ1v) is 10.5. The van der Waals surface area contributed by atoms with Crippen molar-refractivity contribution in [3.8, 4) is 0 Å². The number of amidine groups is 1. The first-order chi connectivity index (χ1) is 13.9. The molecule has 5 nitrogen and oxygen atoms in total. The maximum atomic E-state index is 14.4. The van der Waals surface area contributed by atoms with Crippen molar-refractivity contribution in [2.45, 2.75) is 33.2 Å². The fourth-order valence-electron chi connectivity index (χ4n) is 2.96. The van der Waals surface area contributed by atoms with Crippen LogP contribution in [0.3, 0.4) is 0 Å². The van der Waals surface area contributed by atoms with Crippen molar-refractivity contribution in [3.05, 3.63) is 59.4 Å². The summed E-state index contributed by atoms with van der Waals surface area (Å²) in [5, 5.41) is 4.27. The molecule has 0 aliphatic carbocycles. The second-order valence-electron chi connectivity index (χ2n) is 6.78. The van der Waals surface area contributed by atoms with Gasteiger partial charge in [-0.05, 0) is 50.1 Å². The summed E-state index contributed by atoms with van der Waals surface area (Å²) in [4.78, 5) is 8.96. The highest BCUT2D eigenvalue weighted by Gasteiger charge is 2.17. The van der Waals surface area contributed by atoms with Gasteiger partial charge in [-0.25, -0.2) is 9.37 Å². The quantitative estimate of drug-likeness (QED) is 0.294. The van der Waals surface area contributed by atoms with Gasteiger partial charge in [0.2, 0.25) is 0 Å². The number of aromatic nitrogens is 1. The van der Waals surface area contributed by atoms with Gasteiger partial charge in [0, 0.05) is 23.7 Å². The molecular formula is C22H26FN5S. The molecule has 5 N–H and O–H groups in total. The summed E-state index contributed by atoms with van der Waals surface area (Å²) in [7, 11) is 0. The molecular weight excluding hydrogens is 385 g/mol. The van der Waals surface area contributed by atoms with Crippen LogP contribution < -0.4 is 16.8 Å². The molecule has 0 saturated heterocycles. The normalized spacial score (nSPS) is 14.0. The smallest absolute Gasteiger partial charge is 0.183 e. The number of fused-ring (bicyclic) bond motifs is 1. The molecule has 1 atom stereocenters. The average Bonchev–Trinajstić information content (AvgIpc) is 3.10. The van der Waals surface area contributed by atoms with Gasteiger partial charge in [0.25, 0.3) is 0 Å². The van der Waals surface area contributed by atoms with Crippen LogP contribution in [-0.2, 0) is 0 Å². The van der Waals surface area contributed by atoms with Crippen molar-refractivity contribution in [2.24, 2.45) is 16.5 Å². The molecule has 3 aromatic rings. The fraction of sp³-hybridized carbons (Fsp3) is 0.273. The summed E-state index contributed by atoms with van der Waals surface area (Å²) in [5.41, 5.74) is 15.4. The molecule has 0 radical (unpaired) electrons. The predicted octanol–water partition coefficient (Wildman–Crippen LogP) is 4.85. The van der Waals surface area contributed by atoms with Gasteiger partial charge in [0.15, 0.2) is 5.13 Å². The van der Waals surface area contributed by atoms with Crippen molar-refractivity contribution in [2.75, 3.05) is 11.9 Å². The number of hydrogen-bond donors (Lipinski definition) is 3. The molecule has 2 aromatic carbocycles. The van der Waals surface area contributed by atoms with E-state index in [0.29, 0.717) is 23.7 Å². The molecule has 0 unspecified atom stereocenters. The largest absolute Gasteiger partial charge is 0.398 e. The Balaban J connectivity index is 2.13. The van der Waals surface area contributed by atoms with Gasteiger partial charge in [0.1, 0.15) is 11.7 Å². The molecule has 0 aliphatic rings. The number of halogens is 1. The van der Waals surface area contributed by atoms with Gasteiger partial charge in [-0.3, -0.25) is 4.99 Å². The first kappa shape index (κ1) is 20.8. The number of nitrogens with one attached hydrogen (secondary N) is 1. The van der Waals surface area contributed by atoms with E-state index in [1.54, 1.807) is 29.5 Å². The SMILES string of the molecule is CCN=C(N)C(=C(N)c1ccccc1F)c1ccc2nc(N[C@H](C)CC)sc2c1. The lowest BCUT2D eigenvalue weighted by Crippen LogP contribution is -2.19. The van der Waals surface area contributed by atoms with Crippen LogP contribution in [-0.4, -0.2) is 23.4 Å². The van der Waals surface area contributed by atoms with Crippen LogP contribution in [0, 0.1) is 5.82 Å². The van der Waals surface area contributed by atoms with E-state index in [4.69, 9.17) is 11.5 Å². The molecule has 3 rings (SSSR count). The molecule has 1 aromatic heterocycles. The zero-order valence-electron chi connectivity index (χ0n) is 16.9. The van der Waals surface area contributed by atoms with Gasteiger partial charge in [0.05, 0.1) is 15.9 Å². The summed E-state index contributed by atoms with van der Waals surface area (Å²) in [6.07, 6.45) is 1.01. The Morgan fingerprint density at radius 3 is 2.66 bits per heavy atom. The first-order valence-electron chi connectivity index (χ1n) is 9.67. The lowest BCUT2D eigenvalue weighted by molar-refractivity contribution is 0.624. The molecule has 7 heteroatoms. The van der Waals surface area contributed by atoms with E-state index in [9.17, 15) is 4.39 Å². The standard InChI is InChI=1S/C22H26FN5S/c1-4-13(3)27-22-28-17-11-10-14(12-18(17)29-22)19(21(25)26-5-2)20(24)15-8-6-7-9-16(15)23/h6-13H,4-5,24H2,1-3H3,(H2,25,26)(H,27,28)/t13-/m1/s1. The molecule has 152 valence electrons.